The summed E-state index contributed by atoms with van der Waals surface area (Å²) in [6.07, 6.45) is 2.31. The maximum absolute atomic E-state index is 12.9. The highest BCUT2D eigenvalue weighted by Crippen LogP contribution is 2.49. The molecular formula is C19H24N2O3. The lowest BCUT2D eigenvalue weighted by Crippen LogP contribution is -2.56. The second-order valence-electron chi connectivity index (χ2n) is 7.86. The van der Waals surface area contributed by atoms with Crippen molar-refractivity contribution in [2.24, 2.45) is 17.8 Å². The molecule has 1 aromatic rings. The van der Waals surface area contributed by atoms with E-state index in [1.54, 1.807) is 0 Å². The molecule has 5 heteroatoms. The summed E-state index contributed by atoms with van der Waals surface area (Å²) in [5.41, 5.74) is 1.24. The smallest absolute Gasteiger partial charge is 0.227 e. The third kappa shape index (κ3) is 2.33. The average Bonchev–Trinajstić information content (AvgIpc) is 3.31. The Hall–Kier alpha value is -1.59. The van der Waals surface area contributed by atoms with Crippen LogP contribution in [0, 0.1) is 17.8 Å². The van der Waals surface area contributed by atoms with E-state index in [-0.39, 0.29) is 23.8 Å². The molecule has 24 heavy (non-hydrogen) atoms. The number of carbonyl (C=O) groups is 1. The summed E-state index contributed by atoms with van der Waals surface area (Å²) >= 11 is 0. The fourth-order valence-electron chi connectivity index (χ4n) is 4.62. The van der Waals surface area contributed by atoms with Gasteiger partial charge in [-0.1, -0.05) is 18.2 Å². The first-order valence-corrected chi connectivity index (χ1v) is 9.13. The van der Waals surface area contributed by atoms with Crippen molar-refractivity contribution in [3.63, 3.8) is 0 Å². The van der Waals surface area contributed by atoms with E-state index in [0.717, 1.165) is 24.8 Å². The fraction of sp³-hybridized carbons (Fsp3) is 0.632. The number of para-hydroxylation sites is 1. The van der Waals surface area contributed by atoms with E-state index < -0.39 is 0 Å². The van der Waals surface area contributed by atoms with E-state index in [1.807, 2.05) is 17.0 Å². The maximum Gasteiger partial charge on any atom is 0.227 e. The van der Waals surface area contributed by atoms with Crippen molar-refractivity contribution in [3.05, 3.63) is 29.8 Å². The van der Waals surface area contributed by atoms with Gasteiger partial charge in [-0.25, -0.2) is 0 Å². The number of hydrogen-bond donors (Lipinski definition) is 1. The minimum Gasteiger partial charge on any atom is -0.493 e. The van der Waals surface area contributed by atoms with Crippen LogP contribution in [-0.2, 0) is 4.79 Å². The van der Waals surface area contributed by atoms with Gasteiger partial charge in [0.1, 0.15) is 5.75 Å². The number of aliphatic hydroxyl groups excluding tert-OH is 1. The minimum atomic E-state index is -0.336. The molecule has 3 aliphatic heterocycles. The number of fused-ring (bicyclic) bond motifs is 3. The summed E-state index contributed by atoms with van der Waals surface area (Å²) in [5, 5.41) is 9.52. The zero-order chi connectivity index (χ0) is 16.3. The Morgan fingerprint density at radius 3 is 2.75 bits per heavy atom. The van der Waals surface area contributed by atoms with Gasteiger partial charge in [0.05, 0.1) is 18.6 Å². The van der Waals surface area contributed by atoms with Crippen molar-refractivity contribution in [1.29, 1.82) is 0 Å². The summed E-state index contributed by atoms with van der Waals surface area (Å²) in [5.74, 6) is 2.21. The number of nitrogens with zero attached hydrogens (tertiary/aromatic N) is 2. The van der Waals surface area contributed by atoms with Gasteiger partial charge in [-0.3, -0.25) is 9.69 Å². The molecule has 128 valence electrons. The van der Waals surface area contributed by atoms with Crippen LogP contribution in [0.15, 0.2) is 24.3 Å². The lowest BCUT2D eigenvalue weighted by molar-refractivity contribution is -0.147. The largest absolute Gasteiger partial charge is 0.493 e. The quantitative estimate of drug-likeness (QED) is 0.908. The number of benzene rings is 1. The molecule has 5 rings (SSSR count). The number of β-amino-alcohol motifs (C(OH)–C–C–N with tert-alkyl or cyclic N) is 1. The number of amides is 1. The predicted molar refractivity (Wildman–Crippen MR) is 88.5 cm³/mol. The van der Waals surface area contributed by atoms with Crippen LogP contribution in [-0.4, -0.2) is 59.7 Å². The molecule has 0 radical (unpaired) electrons. The summed E-state index contributed by atoms with van der Waals surface area (Å²) in [7, 11) is 0. The number of likely N-dealkylation sites (tertiary alicyclic amines) is 2. The first-order chi connectivity index (χ1) is 11.7. The van der Waals surface area contributed by atoms with Gasteiger partial charge < -0.3 is 14.7 Å². The molecule has 3 heterocycles. The second-order valence-corrected chi connectivity index (χ2v) is 7.86. The second kappa shape index (κ2) is 5.46. The Morgan fingerprint density at radius 1 is 1.21 bits per heavy atom. The van der Waals surface area contributed by atoms with Gasteiger partial charge in [0.2, 0.25) is 5.91 Å². The van der Waals surface area contributed by atoms with Crippen molar-refractivity contribution in [2.45, 2.75) is 25.0 Å². The molecule has 0 aromatic heterocycles. The summed E-state index contributed by atoms with van der Waals surface area (Å²) in [6.45, 7) is 3.53. The summed E-state index contributed by atoms with van der Waals surface area (Å²) < 4.78 is 5.99. The third-order valence-electron chi connectivity index (χ3n) is 6.10. The van der Waals surface area contributed by atoms with Gasteiger partial charge in [-0.2, -0.15) is 0 Å². The molecule has 0 unspecified atom stereocenters. The van der Waals surface area contributed by atoms with Gasteiger partial charge >= 0.3 is 0 Å². The third-order valence-corrected chi connectivity index (χ3v) is 6.10. The summed E-state index contributed by atoms with van der Waals surface area (Å²) in [4.78, 5) is 17.3. The van der Waals surface area contributed by atoms with E-state index in [0.29, 0.717) is 25.7 Å². The van der Waals surface area contributed by atoms with Crippen molar-refractivity contribution in [1.82, 2.24) is 9.80 Å². The lowest BCUT2D eigenvalue weighted by atomic mass is 9.84. The maximum atomic E-state index is 12.9. The first-order valence-electron chi connectivity index (χ1n) is 9.13. The standard InChI is InChI=1S/C19H24N2O3/c22-13-8-21(9-13)19(23)15-10-20(7-12-5-6-12)18-14-3-1-2-4-17(14)24-11-16(15)18/h1-4,12-13,15-16,18,22H,5-11H2/t15-,16+,18+/m1/s1. The topological polar surface area (TPSA) is 53.0 Å². The average molecular weight is 328 g/mol. The van der Waals surface area contributed by atoms with Crippen LogP contribution in [0.5, 0.6) is 5.75 Å². The zero-order valence-electron chi connectivity index (χ0n) is 13.8. The van der Waals surface area contributed by atoms with Crippen LogP contribution in [0.1, 0.15) is 24.4 Å². The molecule has 3 fully saturated rings. The van der Waals surface area contributed by atoms with E-state index in [4.69, 9.17) is 4.74 Å². The molecule has 2 saturated heterocycles. The number of carbonyl (C=O) groups excluding carboxylic acids is 1. The fourth-order valence-corrected chi connectivity index (χ4v) is 4.62. The van der Waals surface area contributed by atoms with Gasteiger partial charge in [0.15, 0.2) is 0 Å². The van der Waals surface area contributed by atoms with Crippen LogP contribution in [0.4, 0.5) is 0 Å². The molecule has 1 N–H and O–H groups in total. The molecule has 3 atom stereocenters. The van der Waals surface area contributed by atoms with Crippen LogP contribution in [0.25, 0.3) is 0 Å². The van der Waals surface area contributed by atoms with Gasteiger partial charge in [0.25, 0.3) is 0 Å². The van der Waals surface area contributed by atoms with E-state index in [2.05, 4.69) is 17.0 Å². The molecule has 1 saturated carbocycles. The van der Waals surface area contributed by atoms with Crippen molar-refractivity contribution >= 4 is 5.91 Å². The number of aliphatic hydroxyl groups is 1. The van der Waals surface area contributed by atoms with Crippen LogP contribution >= 0.6 is 0 Å². The monoisotopic (exact) mass is 328 g/mol. The number of hydrogen-bond acceptors (Lipinski definition) is 4. The highest BCUT2D eigenvalue weighted by molar-refractivity contribution is 5.81. The highest BCUT2D eigenvalue weighted by Gasteiger charge is 2.51. The lowest BCUT2D eigenvalue weighted by Gasteiger charge is -2.39. The molecule has 1 aliphatic carbocycles. The van der Waals surface area contributed by atoms with Gasteiger partial charge in [-0.15, -0.1) is 0 Å². The van der Waals surface area contributed by atoms with Crippen LogP contribution < -0.4 is 4.74 Å². The predicted octanol–water partition coefficient (Wildman–Crippen LogP) is 1.28. The summed E-state index contributed by atoms with van der Waals surface area (Å²) in [6, 6.07) is 8.59. The molecule has 5 nitrogen and oxygen atoms in total. The Labute approximate surface area is 142 Å². The molecule has 0 bridgehead atoms. The van der Waals surface area contributed by atoms with E-state index in [9.17, 15) is 9.90 Å². The zero-order valence-corrected chi connectivity index (χ0v) is 13.8. The molecule has 0 spiro atoms. The van der Waals surface area contributed by atoms with Gasteiger partial charge in [0, 0.05) is 43.7 Å². The Morgan fingerprint density at radius 2 is 2.00 bits per heavy atom. The van der Waals surface area contributed by atoms with Gasteiger partial charge in [-0.05, 0) is 24.8 Å². The Kier molecular flexibility index (Phi) is 3.35. The van der Waals surface area contributed by atoms with Crippen molar-refractivity contribution < 1.29 is 14.6 Å². The van der Waals surface area contributed by atoms with Crippen molar-refractivity contribution in [2.75, 3.05) is 32.8 Å². The Bertz CT molecular complexity index is 654. The van der Waals surface area contributed by atoms with Crippen molar-refractivity contribution in [3.8, 4) is 5.75 Å². The van der Waals surface area contributed by atoms with Crippen LogP contribution in [0.2, 0.25) is 0 Å². The molecular weight excluding hydrogens is 304 g/mol. The SMILES string of the molecule is O=C([C@@H]1CN(CC2CC2)[C@H]2c3ccccc3OC[C@@H]12)N1CC(O)C1. The normalized spacial score (nSPS) is 32.7. The van der Waals surface area contributed by atoms with E-state index in [1.165, 1.54) is 18.4 Å². The molecule has 1 aromatic carbocycles. The first kappa shape index (κ1) is 14.7. The van der Waals surface area contributed by atoms with E-state index >= 15 is 0 Å². The molecule has 4 aliphatic rings. The highest BCUT2D eigenvalue weighted by atomic mass is 16.5. The number of ether oxygens (including phenoxy) is 1. The Balaban J connectivity index is 1.44. The molecule has 1 amide bonds. The van der Waals surface area contributed by atoms with Crippen LogP contribution in [0.3, 0.4) is 0 Å². The number of rotatable bonds is 3. The minimum absolute atomic E-state index is 0.00499.